The highest BCUT2D eigenvalue weighted by Gasteiger charge is 2.00. The zero-order valence-corrected chi connectivity index (χ0v) is 9.18. The molecule has 0 bridgehead atoms. The first-order chi connectivity index (χ1) is 7.90. The maximum Gasteiger partial charge on any atom is 0.141 e. The summed E-state index contributed by atoms with van der Waals surface area (Å²) in [5, 5.41) is 3.33. The summed E-state index contributed by atoms with van der Waals surface area (Å²) in [6.07, 6.45) is 3.58. The molecule has 0 spiro atoms. The SMILES string of the molecule is COc1ccccc1NCc1ccncc1. The zero-order chi connectivity index (χ0) is 11.2. The molecular weight excluding hydrogens is 200 g/mol. The lowest BCUT2D eigenvalue weighted by molar-refractivity contribution is 0.416. The number of pyridine rings is 1. The summed E-state index contributed by atoms with van der Waals surface area (Å²) in [4.78, 5) is 3.98. The van der Waals surface area contributed by atoms with E-state index in [2.05, 4.69) is 10.3 Å². The Balaban J connectivity index is 2.05. The van der Waals surface area contributed by atoms with E-state index in [-0.39, 0.29) is 0 Å². The van der Waals surface area contributed by atoms with Crippen molar-refractivity contribution in [1.82, 2.24) is 4.98 Å². The van der Waals surface area contributed by atoms with Gasteiger partial charge in [0, 0.05) is 18.9 Å². The van der Waals surface area contributed by atoms with Crippen molar-refractivity contribution in [2.45, 2.75) is 6.54 Å². The lowest BCUT2D eigenvalue weighted by Gasteiger charge is -2.10. The van der Waals surface area contributed by atoms with E-state index in [0.717, 1.165) is 18.0 Å². The smallest absolute Gasteiger partial charge is 0.141 e. The van der Waals surface area contributed by atoms with Crippen molar-refractivity contribution in [2.75, 3.05) is 12.4 Å². The Bertz CT molecular complexity index is 443. The Hall–Kier alpha value is -2.03. The lowest BCUT2D eigenvalue weighted by Crippen LogP contribution is -2.01. The van der Waals surface area contributed by atoms with Gasteiger partial charge in [-0.15, -0.1) is 0 Å². The van der Waals surface area contributed by atoms with Crippen LogP contribution in [0.5, 0.6) is 5.75 Å². The second-order valence-electron chi connectivity index (χ2n) is 3.41. The number of hydrogen-bond donors (Lipinski definition) is 1. The zero-order valence-electron chi connectivity index (χ0n) is 9.18. The van der Waals surface area contributed by atoms with Crippen molar-refractivity contribution in [3.8, 4) is 5.75 Å². The van der Waals surface area contributed by atoms with Gasteiger partial charge in [0.2, 0.25) is 0 Å². The van der Waals surface area contributed by atoms with E-state index in [9.17, 15) is 0 Å². The predicted octanol–water partition coefficient (Wildman–Crippen LogP) is 2.70. The molecule has 2 rings (SSSR count). The predicted molar refractivity (Wildman–Crippen MR) is 64.6 cm³/mol. The summed E-state index contributed by atoms with van der Waals surface area (Å²) in [7, 11) is 1.67. The van der Waals surface area contributed by atoms with Crippen LogP contribution in [0.3, 0.4) is 0 Å². The summed E-state index contributed by atoms with van der Waals surface area (Å²) in [6.45, 7) is 0.767. The van der Waals surface area contributed by atoms with Crippen molar-refractivity contribution in [3.63, 3.8) is 0 Å². The summed E-state index contributed by atoms with van der Waals surface area (Å²) >= 11 is 0. The molecule has 0 aliphatic carbocycles. The van der Waals surface area contributed by atoms with Gasteiger partial charge in [-0.05, 0) is 29.8 Å². The largest absolute Gasteiger partial charge is 0.495 e. The molecule has 1 aromatic carbocycles. The molecule has 0 saturated carbocycles. The molecule has 1 N–H and O–H groups in total. The number of ether oxygens (including phenoxy) is 1. The van der Waals surface area contributed by atoms with Crippen LogP contribution < -0.4 is 10.1 Å². The average Bonchev–Trinajstić information content (AvgIpc) is 2.38. The molecule has 3 nitrogen and oxygen atoms in total. The van der Waals surface area contributed by atoms with Gasteiger partial charge in [-0.3, -0.25) is 4.98 Å². The van der Waals surface area contributed by atoms with Crippen LogP contribution in [0, 0.1) is 0 Å². The van der Waals surface area contributed by atoms with Crippen LogP contribution in [-0.4, -0.2) is 12.1 Å². The van der Waals surface area contributed by atoms with E-state index < -0.39 is 0 Å². The van der Waals surface area contributed by atoms with Gasteiger partial charge in [0.1, 0.15) is 5.75 Å². The third kappa shape index (κ3) is 2.51. The molecule has 0 aliphatic rings. The number of rotatable bonds is 4. The van der Waals surface area contributed by atoms with Gasteiger partial charge in [0.15, 0.2) is 0 Å². The second kappa shape index (κ2) is 5.16. The minimum absolute atomic E-state index is 0.767. The standard InChI is InChI=1S/C13H14N2O/c1-16-13-5-3-2-4-12(13)15-10-11-6-8-14-9-7-11/h2-9,15H,10H2,1H3. The molecule has 0 unspecified atom stereocenters. The molecule has 1 aromatic heterocycles. The number of methoxy groups -OCH3 is 1. The van der Waals surface area contributed by atoms with Crippen LogP contribution in [0.1, 0.15) is 5.56 Å². The number of aromatic nitrogens is 1. The Labute approximate surface area is 95.1 Å². The van der Waals surface area contributed by atoms with Crippen LogP contribution in [0.15, 0.2) is 48.8 Å². The van der Waals surface area contributed by atoms with Crippen LogP contribution in [0.4, 0.5) is 5.69 Å². The molecule has 2 aromatic rings. The van der Waals surface area contributed by atoms with Crippen LogP contribution in [0.2, 0.25) is 0 Å². The molecule has 82 valence electrons. The summed E-state index contributed by atoms with van der Waals surface area (Å²) in [5.41, 5.74) is 2.20. The van der Waals surface area contributed by atoms with Gasteiger partial charge in [0.25, 0.3) is 0 Å². The quantitative estimate of drug-likeness (QED) is 0.849. The Morgan fingerprint density at radius 2 is 1.88 bits per heavy atom. The summed E-state index contributed by atoms with van der Waals surface area (Å²) in [6, 6.07) is 11.9. The van der Waals surface area contributed by atoms with Gasteiger partial charge in [-0.25, -0.2) is 0 Å². The highest BCUT2D eigenvalue weighted by atomic mass is 16.5. The van der Waals surface area contributed by atoms with E-state index in [4.69, 9.17) is 4.74 Å². The molecule has 0 saturated heterocycles. The molecule has 0 amide bonds. The molecule has 3 heteroatoms. The third-order valence-electron chi connectivity index (χ3n) is 2.34. The third-order valence-corrected chi connectivity index (χ3v) is 2.34. The van der Waals surface area contributed by atoms with E-state index in [0.29, 0.717) is 0 Å². The number of benzene rings is 1. The monoisotopic (exact) mass is 214 g/mol. The van der Waals surface area contributed by atoms with Crippen molar-refractivity contribution in [2.24, 2.45) is 0 Å². The van der Waals surface area contributed by atoms with Gasteiger partial charge in [-0.1, -0.05) is 12.1 Å². The molecular formula is C13H14N2O. The maximum absolute atomic E-state index is 5.26. The topological polar surface area (TPSA) is 34.1 Å². The lowest BCUT2D eigenvalue weighted by atomic mass is 10.2. The Kier molecular flexibility index (Phi) is 3.38. The number of nitrogens with one attached hydrogen (secondary N) is 1. The Morgan fingerprint density at radius 3 is 2.62 bits per heavy atom. The minimum atomic E-state index is 0.767. The fraction of sp³-hybridized carbons (Fsp3) is 0.154. The van der Waals surface area contributed by atoms with E-state index in [1.165, 1.54) is 5.56 Å². The molecule has 16 heavy (non-hydrogen) atoms. The van der Waals surface area contributed by atoms with E-state index in [1.54, 1.807) is 19.5 Å². The normalized spacial score (nSPS) is 9.81. The number of nitrogens with zero attached hydrogens (tertiary/aromatic N) is 1. The van der Waals surface area contributed by atoms with Crippen molar-refractivity contribution >= 4 is 5.69 Å². The number of hydrogen-bond acceptors (Lipinski definition) is 3. The molecule has 0 radical (unpaired) electrons. The van der Waals surface area contributed by atoms with Gasteiger partial charge >= 0.3 is 0 Å². The highest BCUT2D eigenvalue weighted by Crippen LogP contribution is 2.23. The molecule has 0 aliphatic heterocycles. The maximum atomic E-state index is 5.26. The van der Waals surface area contributed by atoms with Gasteiger partial charge in [-0.2, -0.15) is 0 Å². The molecule has 1 heterocycles. The van der Waals surface area contributed by atoms with Crippen LogP contribution >= 0.6 is 0 Å². The van der Waals surface area contributed by atoms with Crippen LogP contribution in [-0.2, 0) is 6.54 Å². The first kappa shape index (κ1) is 10.5. The van der Waals surface area contributed by atoms with Gasteiger partial charge < -0.3 is 10.1 Å². The van der Waals surface area contributed by atoms with Crippen molar-refractivity contribution in [3.05, 3.63) is 54.4 Å². The minimum Gasteiger partial charge on any atom is -0.495 e. The van der Waals surface area contributed by atoms with E-state index in [1.807, 2.05) is 36.4 Å². The molecule has 0 fully saturated rings. The van der Waals surface area contributed by atoms with E-state index >= 15 is 0 Å². The first-order valence-electron chi connectivity index (χ1n) is 5.16. The summed E-state index contributed by atoms with van der Waals surface area (Å²) in [5.74, 6) is 0.858. The summed E-state index contributed by atoms with van der Waals surface area (Å²) < 4.78 is 5.26. The molecule has 0 atom stereocenters. The second-order valence-corrected chi connectivity index (χ2v) is 3.41. The highest BCUT2D eigenvalue weighted by molar-refractivity contribution is 5.56. The van der Waals surface area contributed by atoms with Crippen LogP contribution in [0.25, 0.3) is 0 Å². The number of anilines is 1. The Morgan fingerprint density at radius 1 is 1.12 bits per heavy atom. The fourth-order valence-electron chi connectivity index (χ4n) is 1.49. The van der Waals surface area contributed by atoms with Crippen molar-refractivity contribution < 1.29 is 4.74 Å². The van der Waals surface area contributed by atoms with Crippen molar-refractivity contribution in [1.29, 1.82) is 0 Å². The number of para-hydroxylation sites is 2. The fourth-order valence-corrected chi connectivity index (χ4v) is 1.49. The average molecular weight is 214 g/mol. The van der Waals surface area contributed by atoms with Gasteiger partial charge in [0.05, 0.1) is 12.8 Å². The first-order valence-corrected chi connectivity index (χ1v) is 5.16.